The standard InChI is InChI=1S/C10H16O2/c1-6(2)7-4-8(11)10(3)9(5-7)12-10/h7-9,11H,1,4-5H2,2-3H3/t7-,8-,9+,10-/m1/s1. The summed E-state index contributed by atoms with van der Waals surface area (Å²) in [5.41, 5.74) is 0.956. The Labute approximate surface area is 73.2 Å². The first-order valence-corrected chi connectivity index (χ1v) is 4.55. The van der Waals surface area contributed by atoms with E-state index in [0.717, 1.165) is 12.8 Å². The van der Waals surface area contributed by atoms with Crippen molar-refractivity contribution in [1.82, 2.24) is 0 Å². The van der Waals surface area contributed by atoms with E-state index in [4.69, 9.17) is 4.74 Å². The summed E-state index contributed by atoms with van der Waals surface area (Å²) >= 11 is 0. The van der Waals surface area contributed by atoms with Crippen molar-refractivity contribution >= 4 is 0 Å². The highest BCUT2D eigenvalue weighted by atomic mass is 16.6. The first-order valence-electron chi connectivity index (χ1n) is 4.55. The van der Waals surface area contributed by atoms with Gasteiger partial charge in [0.1, 0.15) is 5.60 Å². The van der Waals surface area contributed by atoms with Crippen molar-refractivity contribution < 1.29 is 9.84 Å². The van der Waals surface area contributed by atoms with Crippen LogP contribution < -0.4 is 0 Å². The monoisotopic (exact) mass is 168 g/mol. The quantitative estimate of drug-likeness (QED) is 0.475. The molecule has 4 atom stereocenters. The van der Waals surface area contributed by atoms with Crippen molar-refractivity contribution in [3.8, 4) is 0 Å². The molecule has 1 saturated carbocycles. The zero-order chi connectivity index (χ0) is 8.93. The van der Waals surface area contributed by atoms with Crippen molar-refractivity contribution in [2.45, 2.75) is 44.5 Å². The lowest BCUT2D eigenvalue weighted by atomic mass is 9.78. The van der Waals surface area contributed by atoms with Crippen molar-refractivity contribution in [3.63, 3.8) is 0 Å². The molecule has 2 nitrogen and oxygen atoms in total. The van der Waals surface area contributed by atoms with E-state index in [2.05, 4.69) is 6.58 Å². The minimum atomic E-state index is -0.294. The van der Waals surface area contributed by atoms with Crippen molar-refractivity contribution in [3.05, 3.63) is 12.2 Å². The van der Waals surface area contributed by atoms with Crippen LogP contribution in [0.2, 0.25) is 0 Å². The van der Waals surface area contributed by atoms with Crippen LogP contribution in [0, 0.1) is 5.92 Å². The van der Waals surface area contributed by atoms with Gasteiger partial charge in [0.15, 0.2) is 0 Å². The molecule has 0 aromatic carbocycles. The molecule has 2 heteroatoms. The predicted molar refractivity (Wildman–Crippen MR) is 46.8 cm³/mol. The highest BCUT2D eigenvalue weighted by Gasteiger charge is 2.60. The Balaban J connectivity index is 2.06. The summed E-state index contributed by atoms with van der Waals surface area (Å²) in [5, 5.41) is 9.73. The van der Waals surface area contributed by atoms with Gasteiger partial charge in [-0.15, -0.1) is 0 Å². The van der Waals surface area contributed by atoms with Crippen molar-refractivity contribution in [2.75, 3.05) is 0 Å². The average Bonchev–Trinajstić information content (AvgIpc) is 2.62. The Kier molecular flexibility index (Phi) is 1.61. The van der Waals surface area contributed by atoms with Gasteiger partial charge in [-0.2, -0.15) is 0 Å². The lowest BCUT2D eigenvalue weighted by Gasteiger charge is -2.27. The van der Waals surface area contributed by atoms with Gasteiger partial charge in [0, 0.05) is 0 Å². The summed E-state index contributed by atoms with van der Waals surface area (Å²) in [7, 11) is 0. The molecule has 0 amide bonds. The van der Waals surface area contributed by atoms with E-state index in [0.29, 0.717) is 5.92 Å². The molecule has 2 fully saturated rings. The first-order chi connectivity index (χ1) is 5.54. The molecule has 68 valence electrons. The van der Waals surface area contributed by atoms with Crippen LogP contribution in [0.1, 0.15) is 26.7 Å². The molecule has 0 spiro atoms. The second kappa shape index (κ2) is 2.33. The van der Waals surface area contributed by atoms with Gasteiger partial charge in [0.25, 0.3) is 0 Å². The Morgan fingerprint density at radius 1 is 1.58 bits per heavy atom. The molecule has 1 saturated heterocycles. The van der Waals surface area contributed by atoms with Gasteiger partial charge >= 0.3 is 0 Å². The highest BCUT2D eigenvalue weighted by molar-refractivity contribution is 5.14. The third-order valence-electron chi connectivity index (χ3n) is 3.34. The smallest absolute Gasteiger partial charge is 0.118 e. The number of aliphatic hydroxyl groups is 1. The number of hydrogen-bond acceptors (Lipinski definition) is 2. The Morgan fingerprint density at radius 3 is 2.75 bits per heavy atom. The van der Waals surface area contributed by atoms with E-state index in [9.17, 15) is 5.11 Å². The predicted octanol–water partition coefficient (Wildman–Crippen LogP) is 1.49. The lowest BCUT2D eigenvalue weighted by Crippen LogP contribution is -2.36. The maximum absolute atomic E-state index is 9.73. The summed E-state index contributed by atoms with van der Waals surface area (Å²) < 4.78 is 5.47. The SMILES string of the molecule is C=C(C)[C@@H]1C[C@@H](O)[C@@]2(C)O[C@H]2C1. The minimum absolute atomic E-state index is 0.216. The van der Waals surface area contributed by atoms with Crippen molar-refractivity contribution in [2.24, 2.45) is 5.92 Å². The molecule has 1 N–H and O–H groups in total. The van der Waals surface area contributed by atoms with E-state index < -0.39 is 0 Å². The Morgan fingerprint density at radius 2 is 2.25 bits per heavy atom. The summed E-state index contributed by atoms with van der Waals surface area (Å²) in [4.78, 5) is 0. The number of hydrogen-bond donors (Lipinski definition) is 1. The topological polar surface area (TPSA) is 32.8 Å². The summed E-state index contributed by atoms with van der Waals surface area (Å²) in [5.74, 6) is 0.459. The molecule has 1 aliphatic carbocycles. The van der Waals surface area contributed by atoms with Crippen LogP contribution in [0.15, 0.2) is 12.2 Å². The average molecular weight is 168 g/mol. The lowest BCUT2D eigenvalue weighted by molar-refractivity contribution is 0.0641. The molecule has 0 aromatic rings. The van der Waals surface area contributed by atoms with E-state index in [1.54, 1.807) is 0 Å². The third kappa shape index (κ3) is 1.02. The van der Waals surface area contributed by atoms with E-state index in [-0.39, 0.29) is 17.8 Å². The molecule has 0 bridgehead atoms. The van der Waals surface area contributed by atoms with Crippen molar-refractivity contribution in [1.29, 1.82) is 0 Å². The molecule has 1 heterocycles. The number of aliphatic hydroxyl groups excluding tert-OH is 1. The molecule has 0 radical (unpaired) electrons. The van der Waals surface area contributed by atoms with E-state index in [1.807, 2.05) is 13.8 Å². The number of ether oxygens (including phenoxy) is 1. The van der Waals surface area contributed by atoms with Gasteiger partial charge in [-0.3, -0.25) is 0 Å². The fourth-order valence-electron chi connectivity index (χ4n) is 2.11. The fourth-order valence-corrected chi connectivity index (χ4v) is 2.11. The summed E-state index contributed by atoms with van der Waals surface area (Å²) in [6.07, 6.45) is 1.85. The van der Waals surface area contributed by atoms with Crippen LogP contribution in [-0.2, 0) is 4.74 Å². The minimum Gasteiger partial charge on any atom is -0.390 e. The number of epoxide rings is 1. The number of fused-ring (bicyclic) bond motifs is 1. The number of allylic oxidation sites excluding steroid dienone is 1. The fraction of sp³-hybridized carbons (Fsp3) is 0.800. The largest absolute Gasteiger partial charge is 0.390 e. The normalized spacial score (nSPS) is 51.4. The van der Waals surface area contributed by atoms with Gasteiger partial charge in [0.05, 0.1) is 12.2 Å². The first kappa shape index (κ1) is 8.27. The van der Waals surface area contributed by atoms with Crippen LogP contribution in [0.4, 0.5) is 0 Å². The van der Waals surface area contributed by atoms with Gasteiger partial charge in [-0.1, -0.05) is 12.2 Å². The Bertz CT molecular complexity index is 224. The molecular weight excluding hydrogens is 152 g/mol. The molecule has 2 rings (SSSR count). The maximum Gasteiger partial charge on any atom is 0.118 e. The third-order valence-corrected chi connectivity index (χ3v) is 3.34. The van der Waals surface area contributed by atoms with Gasteiger partial charge in [-0.25, -0.2) is 0 Å². The zero-order valence-corrected chi connectivity index (χ0v) is 7.71. The zero-order valence-electron chi connectivity index (χ0n) is 7.71. The van der Waals surface area contributed by atoms with E-state index in [1.165, 1.54) is 5.57 Å². The summed E-state index contributed by atoms with van der Waals surface area (Å²) in [6.45, 7) is 7.95. The van der Waals surface area contributed by atoms with Gasteiger partial charge in [0.2, 0.25) is 0 Å². The van der Waals surface area contributed by atoms with Gasteiger partial charge < -0.3 is 9.84 Å². The second-order valence-electron chi connectivity index (χ2n) is 4.32. The summed E-state index contributed by atoms with van der Waals surface area (Å²) in [6, 6.07) is 0. The second-order valence-corrected chi connectivity index (χ2v) is 4.32. The van der Waals surface area contributed by atoms with Crippen LogP contribution in [0.3, 0.4) is 0 Å². The van der Waals surface area contributed by atoms with Crippen LogP contribution in [0.25, 0.3) is 0 Å². The molecule has 0 unspecified atom stereocenters. The van der Waals surface area contributed by atoms with E-state index >= 15 is 0 Å². The van der Waals surface area contributed by atoms with Crippen LogP contribution in [0.5, 0.6) is 0 Å². The molecule has 2 aliphatic rings. The molecule has 0 aromatic heterocycles. The van der Waals surface area contributed by atoms with Crippen LogP contribution in [-0.4, -0.2) is 22.9 Å². The molecule has 12 heavy (non-hydrogen) atoms. The van der Waals surface area contributed by atoms with Crippen LogP contribution >= 0.6 is 0 Å². The molecule has 1 aliphatic heterocycles. The highest BCUT2D eigenvalue weighted by Crippen LogP contribution is 2.50. The maximum atomic E-state index is 9.73. The van der Waals surface area contributed by atoms with Gasteiger partial charge in [-0.05, 0) is 32.6 Å². The number of rotatable bonds is 1. The molecular formula is C10H16O2. The Hall–Kier alpha value is -0.340.